The molecular weight excluding hydrogens is 428 g/mol. The largest absolute Gasteiger partial charge is 0.493 e. The smallest absolute Gasteiger partial charge is 0.331 e. The van der Waals surface area contributed by atoms with Crippen LogP contribution in [0.25, 0.3) is 10.9 Å². The highest BCUT2D eigenvalue weighted by Crippen LogP contribution is 2.37. The lowest BCUT2D eigenvalue weighted by Crippen LogP contribution is -2.03. The quantitative estimate of drug-likeness (QED) is 0.257. The summed E-state index contributed by atoms with van der Waals surface area (Å²) in [5, 5.41) is 33.5. The van der Waals surface area contributed by atoms with Gasteiger partial charge < -0.3 is 14.5 Å². The number of fused-ring (bicyclic) bond motifs is 1. The molecule has 0 aliphatic heterocycles. The number of carbonyl (C=O) groups excluding carboxylic acids is 1. The Hall–Kier alpha value is -3.99. The van der Waals surface area contributed by atoms with E-state index in [4.69, 9.17) is 16.0 Å². The zero-order valence-corrected chi connectivity index (χ0v) is 17.0. The second kappa shape index (κ2) is 7.69. The van der Waals surface area contributed by atoms with Gasteiger partial charge >= 0.3 is 5.91 Å². The molecule has 3 heterocycles. The molecule has 0 aliphatic carbocycles. The number of non-ortho nitro benzene ring substituents is 1. The van der Waals surface area contributed by atoms with Crippen molar-refractivity contribution in [3.8, 4) is 5.88 Å². The van der Waals surface area contributed by atoms with Crippen LogP contribution in [0.15, 0.2) is 45.0 Å². The van der Waals surface area contributed by atoms with E-state index in [1.54, 1.807) is 17.7 Å². The molecule has 1 amide bonds. The Morgan fingerprint density at radius 2 is 2.13 bits per heavy atom. The maximum absolute atomic E-state index is 12.4. The van der Waals surface area contributed by atoms with Crippen LogP contribution in [-0.2, 0) is 6.54 Å². The zero-order valence-electron chi connectivity index (χ0n) is 16.3. The van der Waals surface area contributed by atoms with Crippen molar-refractivity contribution in [2.75, 3.05) is 0 Å². The van der Waals surface area contributed by atoms with Crippen LogP contribution in [-0.4, -0.2) is 30.7 Å². The standard InChI is InChI=1S/C19H15ClN6O5/c1-9-16(20)10(2)25(24-9)8-12-4-6-15(31-12)18(27)23-22-17-13-7-11(26(29)30)3-5-14(13)21-19(17)28/h3-7,21,28H,8H2,1-2H3. The number of aryl methyl sites for hydroxylation is 1. The van der Waals surface area contributed by atoms with Crippen molar-refractivity contribution in [3.05, 3.63) is 68.4 Å². The number of amides is 1. The maximum atomic E-state index is 12.4. The predicted molar refractivity (Wildman–Crippen MR) is 110 cm³/mol. The van der Waals surface area contributed by atoms with Crippen molar-refractivity contribution in [1.29, 1.82) is 0 Å². The molecule has 3 aromatic heterocycles. The highest BCUT2D eigenvalue weighted by molar-refractivity contribution is 6.31. The van der Waals surface area contributed by atoms with E-state index in [2.05, 4.69) is 20.3 Å². The zero-order chi connectivity index (χ0) is 22.3. The molecule has 0 saturated heterocycles. The van der Waals surface area contributed by atoms with E-state index in [1.165, 1.54) is 24.3 Å². The molecule has 2 N–H and O–H groups in total. The van der Waals surface area contributed by atoms with Gasteiger partial charge in [-0.3, -0.25) is 19.6 Å². The third-order valence-electron chi connectivity index (χ3n) is 4.66. The Kier molecular flexibility index (Phi) is 5.03. The van der Waals surface area contributed by atoms with Crippen molar-refractivity contribution in [3.63, 3.8) is 0 Å². The van der Waals surface area contributed by atoms with Gasteiger partial charge in [0.1, 0.15) is 5.76 Å². The first-order chi connectivity index (χ1) is 14.7. The second-order valence-corrected chi connectivity index (χ2v) is 7.10. The number of nitrogens with zero attached hydrogens (tertiary/aromatic N) is 5. The third-order valence-corrected chi connectivity index (χ3v) is 5.21. The van der Waals surface area contributed by atoms with Gasteiger partial charge in [0, 0.05) is 17.5 Å². The second-order valence-electron chi connectivity index (χ2n) is 6.72. The molecule has 0 aliphatic rings. The number of H-pyrrole nitrogens is 1. The van der Waals surface area contributed by atoms with Gasteiger partial charge in [0.2, 0.25) is 5.88 Å². The summed E-state index contributed by atoms with van der Waals surface area (Å²) < 4.78 is 7.18. The average molecular weight is 443 g/mol. The number of furan rings is 1. The topological polar surface area (TPSA) is 152 Å². The fourth-order valence-corrected chi connectivity index (χ4v) is 3.20. The summed E-state index contributed by atoms with van der Waals surface area (Å²) in [6, 6.07) is 7.00. The van der Waals surface area contributed by atoms with Crippen LogP contribution in [0.2, 0.25) is 5.02 Å². The maximum Gasteiger partial charge on any atom is 0.331 e. The molecule has 11 nitrogen and oxygen atoms in total. The minimum atomic E-state index is -0.781. The SMILES string of the molecule is Cc1nn(Cc2ccc(C(=O)N=Nc3c(O)[nH]c4ccc([N+](=O)[O-])cc34)o2)c(C)c1Cl. The average Bonchev–Trinajstić information content (AvgIpc) is 3.39. The van der Waals surface area contributed by atoms with E-state index < -0.39 is 10.8 Å². The number of nitro groups is 1. The number of aromatic amines is 1. The fraction of sp³-hybridized carbons (Fsp3) is 0.158. The first-order valence-electron chi connectivity index (χ1n) is 8.98. The lowest BCUT2D eigenvalue weighted by atomic mass is 10.2. The molecule has 0 radical (unpaired) electrons. The van der Waals surface area contributed by atoms with Gasteiger partial charge in [-0.15, -0.1) is 10.2 Å². The predicted octanol–water partition coefficient (Wildman–Crippen LogP) is 4.81. The molecule has 158 valence electrons. The number of nitrogens with one attached hydrogen (secondary N) is 1. The summed E-state index contributed by atoms with van der Waals surface area (Å²) in [7, 11) is 0. The Bertz CT molecular complexity index is 1370. The van der Waals surface area contributed by atoms with Crippen molar-refractivity contribution in [1.82, 2.24) is 14.8 Å². The third kappa shape index (κ3) is 3.78. The van der Waals surface area contributed by atoms with Crippen LogP contribution < -0.4 is 0 Å². The lowest BCUT2D eigenvalue weighted by Gasteiger charge is -2.01. The van der Waals surface area contributed by atoms with Crippen LogP contribution in [0, 0.1) is 24.0 Å². The molecule has 0 atom stereocenters. The summed E-state index contributed by atoms with van der Waals surface area (Å²) in [5.41, 5.74) is 1.60. The number of hydrogen-bond acceptors (Lipinski definition) is 7. The Morgan fingerprint density at radius 1 is 1.35 bits per heavy atom. The van der Waals surface area contributed by atoms with Gasteiger partial charge in [0.25, 0.3) is 5.69 Å². The Morgan fingerprint density at radius 3 is 2.81 bits per heavy atom. The number of aromatic nitrogens is 3. The van der Waals surface area contributed by atoms with Crippen LogP contribution in [0.3, 0.4) is 0 Å². The number of benzene rings is 1. The Labute approximate surface area is 179 Å². The number of rotatable bonds is 5. The van der Waals surface area contributed by atoms with Crippen molar-refractivity contribution in [2.24, 2.45) is 10.2 Å². The monoisotopic (exact) mass is 442 g/mol. The van der Waals surface area contributed by atoms with E-state index in [0.717, 1.165) is 5.69 Å². The van der Waals surface area contributed by atoms with Gasteiger partial charge in [-0.2, -0.15) is 5.10 Å². The van der Waals surface area contributed by atoms with Crippen molar-refractivity contribution < 1.29 is 19.2 Å². The molecule has 0 fully saturated rings. The highest BCUT2D eigenvalue weighted by Gasteiger charge is 2.17. The van der Waals surface area contributed by atoms with Crippen molar-refractivity contribution >= 4 is 39.8 Å². The number of halogens is 1. The van der Waals surface area contributed by atoms with E-state index in [1.807, 2.05) is 6.92 Å². The van der Waals surface area contributed by atoms with Gasteiger partial charge in [-0.05, 0) is 32.0 Å². The van der Waals surface area contributed by atoms with Crippen LogP contribution in [0.5, 0.6) is 5.88 Å². The molecule has 4 rings (SSSR count). The molecule has 0 saturated carbocycles. The number of aromatic hydroxyl groups is 1. The van der Waals surface area contributed by atoms with Gasteiger partial charge in [0.05, 0.1) is 33.4 Å². The molecule has 12 heteroatoms. The summed E-state index contributed by atoms with van der Waals surface area (Å²) in [6.45, 7) is 3.89. The number of azo groups is 1. The molecule has 0 bridgehead atoms. The first-order valence-corrected chi connectivity index (χ1v) is 9.35. The number of nitro benzene ring substituents is 1. The summed E-state index contributed by atoms with van der Waals surface area (Å²) in [6.07, 6.45) is 0. The van der Waals surface area contributed by atoms with Crippen LogP contribution >= 0.6 is 11.6 Å². The van der Waals surface area contributed by atoms with E-state index in [9.17, 15) is 20.0 Å². The lowest BCUT2D eigenvalue weighted by molar-refractivity contribution is -0.384. The molecule has 0 spiro atoms. The fourth-order valence-electron chi connectivity index (χ4n) is 3.07. The molecule has 1 aromatic carbocycles. The van der Waals surface area contributed by atoms with Gasteiger partial charge in [-0.1, -0.05) is 11.6 Å². The molecule has 0 unspecified atom stereocenters. The minimum Gasteiger partial charge on any atom is -0.493 e. The van der Waals surface area contributed by atoms with Crippen molar-refractivity contribution in [2.45, 2.75) is 20.4 Å². The highest BCUT2D eigenvalue weighted by atomic mass is 35.5. The van der Waals surface area contributed by atoms with E-state index in [0.29, 0.717) is 22.0 Å². The van der Waals surface area contributed by atoms with Gasteiger partial charge in [-0.25, -0.2) is 0 Å². The van der Waals surface area contributed by atoms with Gasteiger partial charge in [0.15, 0.2) is 11.4 Å². The first kappa shape index (κ1) is 20.3. The summed E-state index contributed by atoms with van der Waals surface area (Å²) >= 11 is 6.14. The minimum absolute atomic E-state index is 0.0586. The number of hydrogen-bond donors (Lipinski definition) is 2. The normalized spacial score (nSPS) is 11.6. The van der Waals surface area contributed by atoms with E-state index >= 15 is 0 Å². The molecular formula is C19H15ClN6O5. The summed E-state index contributed by atoms with van der Waals surface area (Å²) in [5.74, 6) is -0.742. The summed E-state index contributed by atoms with van der Waals surface area (Å²) in [4.78, 5) is 25.4. The van der Waals surface area contributed by atoms with Crippen LogP contribution in [0.1, 0.15) is 27.7 Å². The molecule has 4 aromatic rings. The molecule has 31 heavy (non-hydrogen) atoms. The number of carbonyl (C=O) groups is 1. The Balaban J connectivity index is 1.56. The van der Waals surface area contributed by atoms with E-state index in [-0.39, 0.29) is 34.9 Å². The van der Waals surface area contributed by atoms with Crippen LogP contribution in [0.4, 0.5) is 11.4 Å².